The minimum absolute atomic E-state index is 0.261. The van der Waals surface area contributed by atoms with E-state index in [2.05, 4.69) is 27.5 Å². The van der Waals surface area contributed by atoms with Gasteiger partial charge >= 0.3 is 0 Å². The first-order chi connectivity index (χ1) is 8.86. The molecular weight excluding hydrogens is 240 g/mol. The van der Waals surface area contributed by atoms with E-state index in [4.69, 9.17) is 10.9 Å². The fraction of sp³-hybridized carbons (Fsp3) is 0.500. The molecule has 19 heavy (non-hydrogen) atoms. The Bertz CT molecular complexity index is 424. The van der Waals surface area contributed by atoms with Gasteiger partial charge in [-0.3, -0.25) is 0 Å². The number of hydrogen-bond donors (Lipinski definition) is 3. The molecule has 0 saturated carbocycles. The molecule has 0 saturated heterocycles. The molecule has 0 spiro atoms. The van der Waals surface area contributed by atoms with Gasteiger partial charge in [-0.25, -0.2) is 0 Å². The van der Waals surface area contributed by atoms with Crippen molar-refractivity contribution in [1.82, 2.24) is 0 Å². The Morgan fingerprint density at radius 1 is 1.32 bits per heavy atom. The molecule has 0 fully saturated rings. The van der Waals surface area contributed by atoms with Crippen molar-refractivity contribution in [2.45, 2.75) is 20.3 Å². The van der Waals surface area contributed by atoms with Crippen LogP contribution in [0.15, 0.2) is 29.4 Å². The van der Waals surface area contributed by atoms with Gasteiger partial charge in [0.2, 0.25) is 0 Å². The Morgan fingerprint density at radius 3 is 2.37 bits per heavy atom. The molecule has 0 radical (unpaired) electrons. The Balaban J connectivity index is 2.50. The Morgan fingerprint density at radius 2 is 1.89 bits per heavy atom. The molecular formula is C14H24N4O. The summed E-state index contributed by atoms with van der Waals surface area (Å²) in [5.41, 5.74) is 7.58. The Labute approximate surface area is 115 Å². The van der Waals surface area contributed by atoms with Crippen LogP contribution in [0, 0.1) is 5.41 Å². The highest BCUT2D eigenvalue weighted by Crippen LogP contribution is 2.21. The maximum atomic E-state index is 8.71. The first-order valence-electron chi connectivity index (χ1n) is 6.36. The summed E-state index contributed by atoms with van der Waals surface area (Å²) in [6.45, 7) is 4.68. The van der Waals surface area contributed by atoms with Gasteiger partial charge in [-0.15, -0.1) is 0 Å². The normalized spacial score (nSPS) is 12.3. The minimum atomic E-state index is -0.314. The van der Waals surface area contributed by atoms with Crippen LogP contribution in [-0.4, -0.2) is 31.7 Å². The van der Waals surface area contributed by atoms with Crippen molar-refractivity contribution >= 4 is 17.2 Å². The summed E-state index contributed by atoms with van der Waals surface area (Å²) in [5.74, 6) is 0.261. The second-order valence-electron chi connectivity index (χ2n) is 5.49. The van der Waals surface area contributed by atoms with E-state index < -0.39 is 0 Å². The molecule has 4 N–H and O–H groups in total. The summed E-state index contributed by atoms with van der Waals surface area (Å²) in [7, 11) is 4.03. The van der Waals surface area contributed by atoms with E-state index in [-0.39, 0.29) is 11.3 Å². The summed E-state index contributed by atoms with van der Waals surface area (Å²) in [6.07, 6.45) is 0.790. The summed E-state index contributed by atoms with van der Waals surface area (Å²) in [6, 6.07) is 8.23. The van der Waals surface area contributed by atoms with Gasteiger partial charge < -0.3 is 21.2 Å². The highest BCUT2D eigenvalue weighted by atomic mass is 16.4. The number of hydrogen-bond acceptors (Lipinski definition) is 4. The van der Waals surface area contributed by atoms with Crippen LogP contribution in [0.1, 0.15) is 20.3 Å². The van der Waals surface area contributed by atoms with Gasteiger partial charge in [0.1, 0.15) is 5.84 Å². The smallest absolute Gasteiger partial charge is 0.144 e. The van der Waals surface area contributed by atoms with E-state index in [0.29, 0.717) is 0 Å². The van der Waals surface area contributed by atoms with Gasteiger partial charge in [0.15, 0.2) is 0 Å². The second kappa shape index (κ2) is 6.31. The van der Waals surface area contributed by atoms with Gasteiger partial charge in [0.05, 0.1) is 0 Å². The monoisotopic (exact) mass is 264 g/mol. The highest BCUT2D eigenvalue weighted by Gasteiger charge is 2.22. The molecule has 0 amide bonds. The number of nitrogens with zero attached hydrogens (tertiary/aromatic N) is 2. The molecule has 0 aliphatic rings. The molecule has 0 aliphatic carbocycles. The number of amidine groups is 1. The third-order valence-corrected chi connectivity index (χ3v) is 3.26. The quantitative estimate of drug-likeness (QED) is 0.319. The van der Waals surface area contributed by atoms with Gasteiger partial charge in [0, 0.05) is 37.4 Å². The van der Waals surface area contributed by atoms with Crippen LogP contribution in [0.3, 0.4) is 0 Å². The average molecular weight is 264 g/mol. The zero-order valence-electron chi connectivity index (χ0n) is 12.1. The van der Waals surface area contributed by atoms with Crippen molar-refractivity contribution in [3.05, 3.63) is 24.3 Å². The maximum Gasteiger partial charge on any atom is 0.144 e. The second-order valence-corrected chi connectivity index (χ2v) is 5.49. The Kier molecular flexibility index (Phi) is 5.03. The number of benzene rings is 1. The van der Waals surface area contributed by atoms with Crippen LogP contribution in [-0.2, 0) is 0 Å². The van der Waals surface area contributed by atoms with Crippen LogP contribution in [0.5, 0.6) is 0 Å². The minimum Gasteiger partial charge on any atom is -0.409 e. The van der Waals surface area contributed by atoms with Crippen molar-refractivity contribution in [3.8, 4) is 0 Å². The van der Waals surface area contributed by atoms with Crippen LogP contribution in [0.2, 0.25) is 0 Å². The fourth-order valence-corrected chi connectivity index (χ4v) is 1.66. The lowest BCUT2D eigenvalue weighted by Crippen LogP contribution is -2.33. The standard InChI is InChI=1S/C14H24N4O/c1-14(2,13(15)17-19)9-10-16-11-5-7-12(8-6-11)18(3)4/h5-8,16,19H,9-10H2,1-4H3,(H2,15,17). The molecule has 1 rings (SSSR count). The van der Waals surface area contributed by atoms with Crippen molar-refractivity contribution in [2.24, 2.45) is 16.3 Å². The number of rotatable bonds is 6. The van der Waals surface area contributed by atoms with Crippen molar-refractivity contribution in [3.63, 3.8) is 0 Å². The van der Waals surface area contributed by atoms with Crippen molar-refractivity contribution in [2.75, 3.05) is 30.9 Å². The predicted octanol–water partition coefficient (Wildman–Crippen LogP) is 2.33. The van der Waals surface area contributed by atoms with E-state index in [0.717, 1.165) is 18.7 Å². The number of oxime groups is 1. The van der Waals surface area contributed by atoms with Gasteiger partial charge in [0.25, 0.3) is 0 Å². The average Bonchev–Trinajstić information content (AvgIpc) is 2.38. The van der Waals surface area contributed by atoms with Gasteiger partial charge in [-0.05, 0) is 30.7 Å². The molecule has 0 aromatic heterocycles. The molecule has 0 heterocycles. The number of anilines is 2. The summed E-state index contributed by atoms with van der Waals surface area (Å²) >= 11 is 0. The third-order valence-electron chi connectivity index (χ3n) is 3.26. The lowest BCUT2D eigenvalue weighted by molar-refractivity contribution is 0.306. The molecule has 106 valence electrons. The van der Waals surface area contributed by atoms with Gasteiger partial charge in [-0.2, -0.15) is 0 Å². The lowest BCUT2D eigenvalue weighted by atomic mass is 9.88. The van der Waals surface area contributed by atoms with Crippen molar-refractivity contribution < 1.29 is 5.21 Å². The summed E-state index contributed by atoms with van der Waals surface area (Å²) in [4.78, 5) is 2.06. The highest BCUT2D eigenvalue weighted by molar-refractivity contribution is 5.85. The first kappa shape index (κ1) is 15.1. The SMILES string of the molecule is CN(C)c1ccc(NCCC(C)(C)C(N)=NO)cc1. The third kappa shape index (κ3) is 4.35. The molecule has 5 nitrogen and oxygen atoms in total. The van der Waals surface area contributed by atoms with E-state index in [1.165, 1.54) is 5.69 Å². The molecule has 0 bridgehead atoms. The van der Waals surface area contributed by atoms with Crippen LogP contribution in [0.4, 0.5) is 11.4 Å². The predicted molar refractivity (Wildman–Crippen MR) is 81.1 cm³/mol. The van der Waals surface area contributed by atoms with E-state index in [9.17, 15) is 0 Å². The molecule has 0 atom stereocenters. The lowest BCUT2D eigenvalue weighted by Gasteiger charge is -2.23. The molecule has 0 unspecified atom stereocenters. The molecule has 0 aliphatic heterocycles. The van der Waals surface area contributed by atoms with E-state index >= 15 is 0 Å². The number of nitrogens with one attached hydrogen (secondary N) is 1. The summed E-state index contributed by atoms with van der Waals surface area (Å²) < 4.78 is 0. The van der Waals surface area contributed by atoms with Crippen LogP contribution < -0.4 is 16.0 Å². The fourth-order valence-electron chi connectivity index (χ4n) is 1.66. The van der Waals surface area contributed by atoms with Crippen molar-refractivity contribution in [1.29, 1.82) is 0 Å². The van der Waals surface area contributed by atoms with Gasteiger partial charge in [-0.1, -0.05) is 19.0 Å². The topological polar surface area (TPSA) is 73.9 Å². The number of nitrogens with two attached hydrogens (primary N) is 1. The largest absolute Gasteiger partial charge is 0.409 e. The summed E-state index contributed by atoms with van der Waals surface area (Å²) in [5, 5.41) is 15.1. The zero-order chi connectivity index (χ0) is 14.5. The Hall–Kier alpha value is -1.91. The van der Waals surface area contributed by atoms with E-state index in [1.807, 2.05) is 40.1 Å². The maximum absolute atomic E-state index is 8.71. The van der Waals surface area contributed by atoms with Crippen LogP contribution >= 0.6 is 0 Å². The zero-order valence-corrected chi connectivity index (χ0v) is 12.1. The molecule has 5 heteroatoms. The first-order valence-corrected chi connectivity index (χ1v) is 6.36. The molecule has 1 aromatic carbocycles. The van der Waals surface area contributed by atoms with E-state index in [1.54, 1.807) is 0 Å². The van der Waals surface area contributed by atoms with Crippen LogP contribution in [0.25, 0.3) is 0 Å². The molecule has 1 aromatic rings.